The highest BCUT2D eigenvalue weighted by Gasteiger charge is 2.18. The van der Waals surface area contributed by atoms with Gasteiger partial charge in [0.25, 0.3) is 0 Å². The van der Waals surface area contributed by atoms with Crippen LogP contribution in [-0.4, -0.2) is 12.1 Å². The van der Waals surface area contributed by atoms with Crippen molar-refractivity contribution in [1.82, 2.24) is 5.32 Å². The highest BCUT2D eigenvalue weighted by atomic mass is 35.5. The monoisotopic (exact) mass is 269 g/mol. The van der Waals surface area contributed by atoms with E-state index in [0.717, 1.165) is 18.7 Å². The van der Waals surface area contributed by atoms with Gasteiger partial charge in [-0.15, -0.1) is 0 Å². The number of benzene rings is 1. The first kappa shape index (κ1) is 15.3. The van der Waals surface area contributed by atoms with E-state index in [1.54, 1.807) is 0 Å². The third-order valence-corrected chi connectivity index (χ3v) is 3.50. The Labute approximate surface area is 116 Å². The molecule has 0 radical (unpaired) electrons. The molecular formula is C15H24ClNO. The second-order valence-electron chi connectivity index (χ2n) is 5.18. The molecule has 1 N–H and O–H groups in total. The van der Waals surface area contributed by atoms with E-state index in [1.807, 2.05) is 12.1 Å². The first-order valence-corrected chi connectivity index (χ1v) is 6.99. The van der Waals surface area contributed by atoms with Crippen molar-refractivity contribution in [2.75, 3.05) is 6.54 Å². The number of ether oxygens (including phenoxy) is 1. The minimum Gasteiger partial charge on any atom is -0.486 e. The quantitative estimate of drug-likeness (QED) is 0.816. The molecule has 0 aliphatic heterocycles. The van der Waals surface area contributed by atoms with Crippen molar-refractivity contribution in [1.29, 1.82) is 0 Å². The number of hydrogen-bond donors (Lipinski definition) is 1. The molecule has 0 spiro atoms. The molecule has 1 rings (SSSR count). The molecule has 0 amide bonds. The van der Waals surface area contributed by atoms with Crippen LogP contribution in [0.3, 0.4) is 0 Å². The predicted molar refractivity (Wildman–Crippen MR) is 78.5 cm³/mol. The zero-order valence-electron chi connectivity index (χ0n) is 12.0. The van der Waals surface area contributed by atoms with Gasteiger partial charge in [0.2, 0.25) is 0 Å². The fraction of sp³-hybridized carbons (Fsp3) is 0.600. The lowest BCUT2D eigenvalue weighted by molar-refractivity contribution is 0.105. The first-order valence-electron chi connectivity index (χ1n) is 6.61. The largest absolute Gasteiger partial charge is 0.486 e. The Morgan fingerprint density at radius 2 is 2.00 bits per heavy atom. The summed E-state index contributed by atoms with van der Waals surface area (Å²) in [7, 11) is 0. The van der Waals surface area contributed by atoms with Crippen molar-refractivity contribution >= 4 is 11.6 Å². The minimum atomic E-state index is -0.182. The molecule has 0 saturated carbocycles. The minimum absolute atomic E-state index is 0.182. The van der Waals surface area contributed by atoms with Crippen LogP contribution in [0.2, 0.25) is 5.02 Å². The molecule has 0 aliphatic rings. The molecule has 18 heavy (non-hydrogen) atoms. The van der Waals surface area contributed by atoms with Crippen molar-refractivity contribution in [3.8, 4) is 5.75 Å². The standard InChI is InChI=1S/C15H24ClNO/c1-6-15(4,5)18-14-9-8-12(10-13(14)16)11(3)17-7-2/h8-11,17H,6-7H2,1-5H3. The van der Waals surface area contributed by atoms with E-state index >= 15 is 0 Å². The molecule has 0 aliphatic carbocycles. The summed E-state index contributed by atoms with van der Waals surface area (Å²) in [5.74, 6) is 0.760. The first-order chi connectivity index (χ1) is 8.39. The molecule has 0 heterocycles. The molecule has 1 aromatic rings. The summed E-state index contributed by atoms with van der Waals surface area (Å²) in [6.07, 6.45) is 0.943. The summed E-state index contributed by atoms with van der Waals surface area (Å²) in [5.41, 5.74) is 1.00. The van der Waals surface area contributed by atoms with Crippen molar-refractivity contribution < 1.29 is 4.74 Å². The van der Waals surface area contributed by atoms with Gasteiger partial charge < -0.3 is 10.1 Å². The number of halogens is 1. The van der Waals surface area contributed by atoms with Crippen LogP contribution in [0.25, 0.3) is 0 Å². The zero-order chi connectivity index (χ0) is 13.8. The van der Waals surface area contributed by atoms with Crippen LogP contribution in [-0.2, 0) is 0 Å². The Morgan fingerprint density at radius 1 is 1.33 bits per heavy atom. The van der Waals surface area contributed by atoms with Gasteiger partial charge in [0.1, 0.15) is 11.4 Å². The molecule has 2 nitrogen and oxygen atoms in total. The maximum atomic E-state index is 6.28. The second-order valence-corrected chi connectivity index (χ2v) is 5.59. The molecular weight excluding hydrogens is 246 g/mol. The molecule has 3 heteroatoms. The van der Waals surface area contributed by atoms with Crippen molar-refractivity contribution in [2.24, 2.45) is 0 Å². The smallest absolute Gasteiger partial charge is 0.138 e. The highest BCUT2D eigenvalue weighted by molar-refractivity contribution is 6.32. The van der Waals surface area contributed by atoms with E-state index in [9.17, 15) is 0 Å². The Kier molecular flexibility index (Phi) is 5.48. The summed E-state index contributed by atoms with van der Waals surface area (Å²) in [6.45, 7) is 11.4. The van der Waals surface area contributed by atoms with Crippen LogP contribution in [0, 0.1) is 0 Å². The molecule has 1 unspecified atom stereocenters. The molecule has 0 bridgehead atoms. The van der Waals surface area contributed by atoms with Gasteiger partial charge in [-0.25, -0.2) is 0 Å². The van der Waals surface area contributed by atoms with Gasteiger partial charge >= 0.3 is 0 Å². The zero-order valence-corrected chi connectivity index (χ0v) is 12.8. The summed E-state index contributed by atoms with van der Waals surface area (Å²) in [5, 5.41) is 4.05. The van der Waals surface area contributed by atoms with E-state index in [4.69, 9.17) is 16.3 Å². The Bertz CT molecular complexity index is 390. The van der Waals surface area contributed by atoms with E-state index in [-0.39, 0.29) is 5.60 Å². The van der Waals surface area contributed by atoms with Crippen LogP contribution in [0.1, 0.15) is 52.6 Å². The number of rotatable bonds is 6. The Morgan fingerprint density at radius 3 is 2.50 bits per heavy atom. The van der Waals surface area contributed by atoms with Crippen LogP contribution in [0.4, 0.5) is 0 Å². The number of hydrogen-bond acceptors (Lipinski definition) is 2. The lowest BCUT2D eigenvalue weighted by atomic mass is 10.1. The van der Waals surface area contributed by atoms with Gasteiger partial charge in [-0.2, -0.15) is 0 Å². The summed E-state index contributed by atoms with van der Waals surface area (Å²) < 4.78 is 5.92. The van der Waals surface area contributed by atoms with Gasteiger partial charge in [0.05, 0.1) is 5.02 Å². The van der Waals surface area contributed by atoms with Crippen LogP contribution in [0.15, 0.2) is 18.2 Å². The molecule has 102 valence electrons. The topological polar surface area (TPSA) is 21.3 Å². The molecule has 1 atom stereocenters. The van der Waals surface area contributed by atoms with Crippen LogP contribution in [0.5, 0.6) is 5.75 Å². The van der Waals surface area contributed by atoms with E-state index in [1.165, 1.54) is 5.56 Å². The number of nitrogens with one attached hydrogen (secondary N) is 1. The van der Waals surface area contributed by atoms with E-state index in [2.05, 4.69) is 46.0 Å². The van der Waals surface area contributed by atoms with Gasteiger partial charge in [0.15, 0.2) is 0 Å². The van der Waals surface area contributed by atoms with Gasteiger partial charge in [-0.3, -0.25) is 0 Å². The van der Waals surface area contributed by atoms with Crippen LogP contribution >= 0.6 is 11.6 Å². The third kappa shape index (κ3) is 4.18. The second kappa shape index (κ2) is 6.44. The van der Waals surface area contributed by atoms with Crippen molar-refractivity contribution in [2.45, 2.75) is 52.7 Å². The average molecular weight is 270 g/mol. The molecule has 0 aromatic heterocycles. The lowest BCUT2D eigenvalue weighted by Gasteiger charge is -2.26. The summed E-state index contributed by atoms with van der Waals surface area (Å²) in [6, 6.07) is 6.32. The summed E-state index contributed by atoms with van der Waals surface area (Å²) >= 11 is 6.28. The third-order valence-electron chi connectivity index (χ3n) is 3.20. The predicted octanol–water partition coefficient (Wildman–Crippen LogP) is 4.58. The summed E-state index contributed by atoms with van der Waals surface area (Å²) in [4.78, 5) is 0. The van der Waals surface area contributed by atoms with Gasteiger partial charge in [-0.1, -0.05) is 31.5 Å². The average Bonchev–Trinajstić information content (AvgIpc) is 2.32. The molecule has 1 aromatic carbocycles. The van der Waals surface area contributed by atoms with Crippen molar-refractivity contribution in [3.63, 3.8) is 0 Å². The molecule has 0 fully saturated rings. The Balaban J connectivity index is 2.86. The maximum absolute atomic E-state index is 6.28. The lowest BCUT2D eigenvalue weighted by Crippen LogP contribution is -2.27. The molecule has 0 saturated heterocycles. The maximum Gasteiger partial charge on any atom is 0.138 e. The fourth-order valence-electron chi connectivity index (χ4n) is 1.66. The van der Waals surface area contributed by atoms with E-state index in [0.29, 0.717) is 11.1 Å². The normalized spacial score (nSPS) is 13.4. The van der Waals surface area contributed by atoms with Gasteiger partial charge in [-0.05, 0) is 51.4 Å². The fourth-order valence-corrected chi connectivity index (χ4v) is 1.89. The van der Waals surface area contributed by atoms with Crippen molar-refractivity contribution in [3.05, 3.63) is 28.8 Å². The van der Waals surface area contributed by atoms with E-state index < -0.39 is 0 Å². The Hall–Kier alpha value is -0.730. The van der Waals surface area contributed by atoms with Gasteiger partial charge in [0, 0.05) is 6.04 Å². The SMILES string of the molecule is CCNC(C)c1ccc(OC(C)(C)CC)c(Cl)c1. The highest BCUT2D eigenvalue weighted by Crippen LogP contribution is 2.31. The van der Waals surface area contributed by atoms with Crippen LogP contribution < -0.4 is 10.1 Å².